The van der Waals surface area contributed by atoms with Gasteiger partial charge in [-0.3, -0.25) is 4.79 Å². The molecule has 0 aliphatic rings. The Bertz CT molecular complexity index is 803. The van der Waals surface area contributed by atoms with E-state index in [9.17, 15) is 4.79 Å². The van der Waals surface area contributed by atoms with E-state index in [0.29, 0.717) is 24.9 Å². The summed E-state index contributed by atoms with van der Waals surface area (Å²) >= 11 is 0. The molecule has 0 spiro atoms. The fourth-order valence-electron chi connectivity index (χ4n) is 2.32. The average molecular weight is 525 g/mol. The number of likely N-dealkylation sites (N-methyl/N-ethyl adjacent to an activating group) is 1. The first kappa shape index (κ1) is 25.7. The Balaban J connectivity index is 0.00000450. The van der Waals surface area contributed by atoms with Gasteiger partial charge >= 0.3 is 0 Å². The molecule has 0 bridgehead atoms. The third-order valence-corrected chi connectivity index (χ3v) is 3.84. The number of hydrogen-bond acceptors (Lipinski definition) is 4. The van der Waals surface area contributed by atoms with Gasteiger partial charge in [-0.15, -0.1) is 24.0 Å². The van der Waals surface area contributed by atoms with E-state index in [1.54, 1.807) is 25.2 Å². The van der Waals surface area contributed by atoms with Gasteiger partial charge in [0.25, 0.3) is 0 Å². The summed E-state index contributed by atoms with van der Waals surface area (Å²) in [5.41, 5.74) is 1.79. The molecule has 0 saturated carbocycles. The van der Waals surface area contributed by atoms with Crippen LogP contribution in [0.2, 0.25) is 0 Å². The largest absolute Gasteiger partial charge is 0.472 e. The SMILES string of the molecule is CN(C)C(=O)CNC(=NCc1ccc(OC(C)(C)C)nc1)NCc1ccccc1.I. The van der Waals surface area contributed by atoms with Crippen LogP contribution in [-0.2, 0) is 17.9 Å². The summed E-state index contributed by atoms with van der Waals surface area (Å²) in [7, 11) is 3.45. The first-order valence-corrected chi connectivity index (χ1v) is 9.63. The number of pyridine rings is 1. The Morgan fingerprint density at radius 2 is 1.77 bits per heavy atom. The smallest absolute Gasteiger partial charge is 0.241 e. The van der Waals surface area contributed by atoms with Crippen molar-refractivity contribution in [3.8, 4) is 5.88 Å². The van der Waals surface area contributed by atoms with Crippen LogP contribution in [0.3, 0.4) is 0 Å². The number of carbonyl (C=O) groups excluding carboxylic acids is 1. The van der Waals surface area contributed by atoms with Crippen molar-refractivity contribution >= 4 is 35.8 Å². The maximum absolute atomic E-state index is 11.9. The van der Waals surface area contributed by atoms with Crippen molar-refractivity contribution in [2.75, 3.05) is 20.6 Å². The number of nitrogens with zero attached hydrogens (tertiary/aromatic N) is 3. The summed E-state index contributed by atoms with van der Waals surface area (Å²) in [6, 6.07) is 13.8. The van der Waals surface area contributed by atoms with Crippen molar-refractivity contribution in [2.24, 2.45) is 4.99 Å². The molecule has 1 aromatic heterocycles. The molecule has 0 saturated heterocycles. The van der Waals surface area contributed by atoms with Crippen LogP contribution >= 0.6 is 24.0 Å². The number of ether oxygens (including phenoxy) is 1. The monoisotopic (exact) mass is 525 g/mol. The lowest BCUT2D eigenvalue weighted by molar-refractivity contribution is -0.127. The molecule has 0 aliphatic heterocycles. The van der Waals surface area contributed by atoms with Crippen molar-refractivity contribution in [1.29, 1.82) is 0 Å². The number of guanidine groups is 1. The molecule has 1 amide bonds. The molecule has 1 heterocycles. The summed E-state index contributed by atoms with van der Waals surface area (Å²) in [5.74, 6) is 1.13. The predicted molar refractivity (Wildman–Crippen MR) is 131 cm³/mol. The molecule has 164 valence electrons. The van der Waals surface area contributed by atoms with Crippen LogP contribution < -0.4 is 15.4 Å². The van der Waals surface area contributed by atoms with Crippen LogP contribution in [0.5, 0.6) is 5.88 Å². The van der Waals surface area contributed by atoms with E-state index in [-0.39, 0.29) is 42.0 Å². The van der Waals surface area contributed by atoms with Crippen molar-refractivity contribution in [3.05, 3.63) is 59.8 Å². The number of halogens is 1. The molecule has 2 aromatic rings. The number of amides is 1. The van der Waals surface area contributed by atoms with Gasteiger partial charge in [0.05, 0.1) is 13.1 Å². The van der Waals surface area contributed by atoms with Crippen LogP contribution in [0, 0.1) is 0 Å². The molecule has 0 fully saturated rings. The van der Waals surface area contributed by atoms with Gasteiger partial charge in [0.1, 0.15) is 5.60 Å². The topological polar surface area (TPSA) is 78.9 Å². The van der Waals surface area contributed by atoms with Crippen molar-refractivity contribution in [3.63, 3.8) is 0 Å². The van der Waals surface area contributed by atoms with Gasteiger partial charge < -0.3 is 20.3 Å². The molecule has 7 nitrogen and oxygen atoms in total. The molecule has 0 aliphatic carbocycles. The number of aromatic nitrogens is 1. The number of hydrogen-bond donors (Lipinski definition) is 2. The minimum absolute atomic E-state index is 0. The van der Waals surface area contributed by atoms with Gasteiger partial charge in [0, 0.05) is 32.9 Å². The lowest BCUT2D eigenvalue weighted by Crippen LogP contribution is -2.42. The van der Waals surface area contributed by atoms with Crippen molar-refractivity contribution in [2.45, 2.75) is 39.5 Å². The third kappa shape index (κ3) is 9.91. The summed E-state index contributed by atoms with van der Waals surface area (Å²) < 4.78 is 5.74. The molecule has 30 heavy (non-hydrogen) atoms. The van der Waals surface area contributed by atoms with E-state index < -0.39 is 0 Å². The summed E-state index contributed by atoms with van der Waals surface area (Å²) in [6.45, 7) is 7.17. The highest BCUT2D eigenvalue weighted by atomic mass is 127. The van der Waals surface area contributed by atoms with E-state index in [1.807, 2.05) is 63.2 Å². The van der Waals surface area contributed by atoms with Gasteiger partial charge in [0.2, 0.25) is 11.8 Å². The Hall–Kier alpha value is -2.36. The highest BCUT2D eigenvalue weighted by Crippen LogP contribution is 2.15. The van der Waals surface area contributed by atoms with Gasteiger partial charge in [-0.1, -0.05) is 36.4 Å². The number of aliphatic imine (C=N–C) groups is 1. The lowest BCUT2D eigenvalue weighted by Gasteiger charge is -2.20. The van der Waals surface area contributed by atoms with Gasteiger partial charge in [0.15, 0.2) is 5.96 Å². The second kappa shape index (κ2) is 12.4. The molecule has 0 atom stereocenters. The molecule has 1 aromatic carbocycles. The van der Waals surface area contributed by atoms with Gasteiger partial charge in [-0.2, -0.15) is 0 Å². The summed E-state index contributed by atoms with van der Waals surface area (Å²) in [6.07, 6.45) is 1.75. The lowest BCUT2D eigenvalue weighted by atomic mass is 10.2. The highest BCUT2D eigenvalue weighted by Gasteiger charge is 2.12. The second-order valence-electron chi connectivity index (χ2n) is 7.86. The van der Waals surface area contributed by atoms with E-state index in [2.05, 4.69) is 20.6 Å². The van der Waals surface area contributed by atoms with E-state index >= 15 is 0 Å². The number of rotatable bonds is 7. The summed E-state index contributed by atoms with van der Waals surface area (Å²) in [5, 5.41) is 6.35. The summed E-state index contributed by atoms with van der Waals surface area (Å²) in [4.78, 5) is 22.4. The van der Waals surface area contributed by atoms with Crippen LogP contribution in [-0.4, -0.2) is 48.0 Å². The van der Waals surface area contributed by atoms with Crippen LogP contribution in [0.1, 0.15) is 31.9 Å². The molecule has 0 radical (unpaired) electrons. The van der Waals surface area contributed by atoms with Crippen LogP contribution in [0.15, 0.2) is 53.7 Å². The Morgan fingerprint density at radius 3 is 2.33 bits per heavy atom. The minimum atomic E-state index is -0.288. The fraction of sp³-hybridized carbons (Fsp3) is 0.409. The normalized spacial score (nSPS) is 11.3. The van der Waals surface area contributed by atoms with E-state index in [1.165, 1.54) is 0 Å². The highest BCUT2D eigenvalue weighted by molar-refractivity contribution is 14.0. The predicted octanol–water partition coefficient (Wildman–Crippen LogP) is 3.20. The molecular weight excluding hydrogens is 493 g/mol. The fourth-order valence-corrected chi connectivity index (χ4v) is 2.32. The van der Waals surface area contributed by atoms with Gasteiger partial charge in [-0.05, 0) is 31.9 Å². The first-order chi connectivity index (χ1) is 13.7. The maximum Gasteiger partial charge on any atom is 0.241 e. The van der Waals surface area contributed by atoms with Crippen molar-refractivity contribution < 1.29 is 9.53 Å². The first-order valence-electron chi connectivity index (χ1n) is 9.63. The molecule has 0 unspecified atom stereocenters. The van der Waals surface area contributed by atoms with E-state index in [0.717, 1.165) is 11.1 Å². The zero-order valence-corrected chi connectivity index (χ0v) is 20.6. The maximum atomic E-state index is 11.9. The van der Waals surface area contributed by atoms with Gasteiger partial charge in [-0.25, -0.2) is 9.98 Å². The Kier molecular flexibility index (Phi) is 10.6. The van der Waals surface area contributed by atoms with E-state index in [4.69, 9.17) is 4.74 Å². The Labute approximate surface area is 196 Å². The zero-order valence-electron chi connectivity index (χ0n) is 18.3. The number of carbonyl (C=O) groups is 1. The number of benzene rings is 1. The zero-order chi connectivity index (χ0) is 21.3. The molecule has 2 N–H and O–H groups in total. The second-order valence-corrected chi connectivity index (χ2v) is 7.86. The quantitative estimate of drug-likeness (QED) is 0.330. The molecule has 8 heteroatoms. The minimum Gasteiger partial charge on any atom is -0.472 e. The molecule has 2 rings (SSSR count). The van der Waals surface area contributed by atoms with Crippen molar-refractivity contribution in [1.82, 2.24) is 20.5 Å². The third-order valence-electron chi connectivity index (χ3n) is 3.84. The molecular formula is C22H32IN5O2. The standard InChI is InChI=1S/C22H31N5O2.HI/c1-22(2,3)29-19-12-11-18(14-23-19)15-25-21(26-16-20(28)27(4)5)24-13-17-9-7-6-8-10-17;/h6-12,14H,13,15-16H2,1-5H3,(H2,24,25,26);1H. The van der Waals surface area contributed by atoms with Crippen LogP contribution in [0.25, 0.3) is 0 Å². The average Bonchev–Trinajstić information content (AvgIpc) is 2.67. The Morgan fingerprint density at radius 1 is 1.07 bits per heavy atom. The van der Waals surface area contributed by atoms with Crippen LogP contribution in [0.4, 0.5) is 0 Å². The number of nitrogens with one attached hydrogen (secondary N) is 2.